The highest BCUT2D eigenvalue weighted by atomic mass is 16.7. The van der Waals surface area contributed by atoms with Gasteiger partial charge in [-0.3, -0.25) is 9.59 Å². The Bertz CT molecular complexity index is 1130. The quantitative estimate of drug-likeness (QED) is 0.232. The lowest BCUT2D eigenvalue weighted by Gasteiger charge is -2.57. The molecule has 43 heavy (non-hydrogen) atoms. The van der Waals surface area contributed by atoms with Crippen LogP contribution in [0.3, 0.4) is 0 Å². The molecule has 2 aromatic rings. The number of benzene rings is 2. The Hall–Kier alpha value is -2.78. The Labute approximate surface area is 257 Å². The molecule has 1 aliphatic rings. The molecule has 0 spiro atoms. The van der Waals surface area contributed by atoms with Crippen LogP contribution in [0.15, 0.2) is 60.7 Å². The number of aliphatic hydroxyl groups is 1. The van der Waals surface area contributed by atoms with Gasteiger partial charge in [0.25, 0.3) is 0 Å². The molecular formula is C35H50O8. The van der Waals surface area contributed by atoms with Crippen LogP contribution in [0.4, 0.5) is 0 Å². The summed E-state index contributed by atoms with van der Waals surface area (Å²) in [7, 11) is 0. The predicted octanol–water partition coefficient (Wildman–Crippen LogP) is 6.52. The van der Waals surface area contributed by atoms with Crippen LogP contribution in [0.25, 0.3) is 0 Å². The minimum absolute atomic E-state index is 0.161. The SMILES string of the molecule is CCCC[C@@]1(O)O[C@H](COC(C)=O)[C@@H](OCc2ccccc2)[C@H](OCc2ccccc2)[C@@]1(CCCC)OC(=O)C(C)(C)C. The molecule has 0 aliphatic carbocycles. The number of unbranched alkanes of at least 4 members (excludes halogenated alkanes) is 2. The summed E-state index contributed by atoms with van der Waals surface area (Å²) < 4.78 is 31.8. The van der Waals surface area contributed by atoms with Crippen LogP contribution in [-0.2, 0) is 46.5 Å². The zero-order valence-corrected chi connectivity index (χ0v) is 26.7. The molecule has 0 aromatic heterocycles. The van der Waals surface area contributed by atoms with Crippen molar-refractivity contribution in [2.75, 3.05) is 6.61 Å². The average Bonchev–Trinajstić information content (AvgIpc) is 2.98. The molecule has 5 atom stereocenters. The number of carbonyl (C=O) groups excluding carboxylic acids is 2. The molecule has 2 aromatic carbocycles. The Morgan fingerprint density at radius 3 is 1.91 bits per heavy atom. The standard InChI is InChI=1S/C35H50O8/c1-7-9-21-34(43-32(37)33(4,5)6)31(41-24-28-19-15-12-16-20-28)30(40-23-27-17-13-11-14-18-27)29(25-39-26(3)36)42-35(34,38)22-10-8-2/h11-20,29-31,38H,7-10,21-25H2,1-6H3/t29-,30-,31+,34-,35-/m1/s1. The lowest BCUT2D eigenvalue weighted by atomic mass is 9.73. The molecule has 0 unspecified atom stereocenters. The van der Waals surface area contributed by atoms with Crippen molar-refractivity contribution in [1.82, 2.24) is 0 Å². The van der Waals surface area contributed by atoms with Gasteiger partial charge in [0.05, 0.1) is 18.6 Å². The molecule has 1 heterocycles. The van der Waals surface area contributed by atoms with Crippen molar-refractivity contribution in [3.8, 4) is 0 Å². The van der Waals surface area contributed by atoms with Crippen molar-refractivity contribution in [2.24, 2.45) is 5.41 Å². The molecule has 0 bridgehead atoms. The third kappa shape index (κ3) is 9.11. The smallest absolute Gasteiger partial charge is 0.312 e. The summed E-state index contributed by atoms with van der Waals surface area (Å²) in [6.07, 6.45) is 0.601. The summed E-state index contributed by atoms with van der Waals surface area (Å²) in [6.45, 7) is 11.0. The molecule has 1 aliphatic heterocycles. The van der Waals surface area contributed by atoms with Crippen LogP contribution >= 0.6 is 0 Å². The van der Waals surface area contributed by atoms with Crippen molar-refractivity contribution < 1.29 is 38.4 Å². The van der Waals surface area contributed by atoms with Gasteiger partial charge in [0.15, 0.2) is 5.60 Å². The summed E-state index contributed by atoms with van der Waals surface area (Å²) in [4.78, 5) is 25.7. The highest BCUT2D eigenvalue weighted by molar-refractivity contribution is 5.76. The maximum absolute atomic E-state index is 13.7. The summed E-state index contributed by atoms with van der Waals surface area (Å²) in [5.74, 6) is -2.89. The normalized spacial score (nSPS) is 25.7. The van der Waals surface area contributed by atoms with E-state index in [0.717, 1.165) is 24.0 Å². The van der Waals surface area contributed by atoms with Crippen LogP contribution in [0.1, 0.15) is 91.2 Å². The fraction of sp³-hybridized carbons (Fsp3) is 0.600. The molecule has 3 rings (SSSR count). The van der Waals surface area contributed by atoms with Crippen molar-refractivity contribution >= 4 is 11.9 Å². The molecule has 1 fully saturated rings. The first kappa shape index (κ1) is 34.7. The molecule has 0 saturated carbocycles. The second-order valence-corrected chi connectivity index (χ2v) is 12.5. The van der Waals surface area contributed by atoms with E-state index in [1.807, 2.05) is 74.5 Å². The van der Waals surface area contributed by atoms with E-state index in [2.05, 4.69) is 0 Å². The first-order valence-electron chi connectivity index (χ1n) is 15.5. The highest BCUT2D eigenvalue weighted by Gasteiger charge is 2.67. The second-order valence-electron chi connectivity index (χ2n) is 12.5. The zero-order valence-electron chi connectivity index (χ0n) is 26.7. The maximum Gasteiger partial charge on any atom is 0.312 e. The lowest BCUT2D eigenvalue weighted by Crippen LogP contribution is -2.75. The van der Waals surface area contributed by atoms with E-state index < -0.39 is 47.1 Å². The Morgan fingerprint density at radius 1 is 0.860 bits per heavy atom. The van der Waals surface area contributed by atoms with Crippen LogP contribution in [0.5, 0.6) is 0 Å². The first-order valence-corrected chi connectivity index (χ1v) is 15.5. The van der Waals surface area contributed by atoms with Gasteiger partial charge in [-0.1, -0.05) is 87.4 Å². The van der Waals surface area contributed by atoms with E-state index >= 15 is 0 Å². The lowest BCUT2D eigenvalue weighted by molar-refractivity contribution is -0.403. The minimum atomic E-state index is -1.93. The van der Waals surface area contributed by atoms with Crippen molar-refractivity contribution in [2.45, 2.75) is 123 Å². The van der Waals surface area contributed by atoms with E-state index in [-0.39, 0.29) is 32.7 Å². The number of carbonyl (C=O) groups is 2. The van der Waals surface area contributed by atoms with Gasteiger partial charge in [-0.05, 0) is 51.2 Å². The van der Waals surface area contributed by atoms with Crippen LogP contribution < -0.4 is 0 Å². The van der Waals surface area contributed by atoms with E-state index in [0.29, 0.717) is 12.8 Å². The molecule has 8 nitrogen and oxygen atoms in total. The van der Waals surface area contributed by atoms with Gasteiger partial charge < -0.3 is 28.8 Å². The van der Waals surface area contributed by atoms with E-state index in [1.165, 1.54) is 6.92 Å². The van der Waals surface area contributed by atoms with Gasteiger partial charge in [-0.25, -0.2) is 0 Å². The summed E-state index contributed by atoms with van der Waals surface area (Å²) in [5, 5.41) is 12.6. The van der Waals surface area contributed by atoms with Crippen molar-refractivity contribution in [1.29, 1.82) is 0 Å². The number of ether oxygens (including phenoxy) is 5. The molecule has 1 saturated heterocycles. The van der Waals surface area contributed by atoms with Gasteiger partial charge in [0.2, 0.25) is 5.79 Å². The average molecular weight is 599 g/mol. The van der Waals surface area contributed by atoms with Crippen molar-refractivity contribution in [3.63, 3.8) is 0 Å². The third-order valence-corrected chi connectivity index (χ3v) is 7.80. The molecule has 8 heteroatoms. The van der Waals surface area contributed by atoms with Crippen LogP contribution in [0, 0.1) is 5.41 Å². The fourth-order valence-corrected chi connectivity index (χ4v) is 5.35. The number of rotatable bonds is 15. The molecule has 0 radical (unpaired) electrons. The Kier molecular flexibility index (Phi) is 12.8. The molecular weight excluding hydrogens is 548 g/mol. The summed E-state index contributed by atoms with van der Waals surface area (Å²) in [6, 6.07) is 19.4. The predicted molar refractivity (Wildman–Crippen MR) is 164 cm³/mol. The summed E-state index contributed by atoms with van der Waals surface area (Å²) in [5.41, 5.74) is -0.626. The molecule has 1 N–H and O–H groups in total. The molecule has 238 valence electrons. The summed E-state index contributed by atoms with van der Waals surface area (Å²) >= 11 is 0. The van der Waals surface area contributed by atoms with Gasteiger partial charge in [0, 0.05) is 13.3 Å². The minimum Gasteiger partial charge on any atom is -0.463 e. The van der Waals surface area contributed by atoms with E-state index in [4.69, 9.17) is 23.7 Å². The largest absolute Gasteiger partial charge is 0.463 e. The highest BCUT2D eigenvalue weighted by Crippen LogP contribution is 2.49. The Balaban J connectivity index is 2.19. The van der Waals surface area contributed by atoms with E-state index in [9.17, 15) is 14.7 Å². The van der Waals surface area contributed by atoms with Gasteiger partial charge >= 0.3 is 11.9 Å². The van der Waals surface area contributed by atoms with Gasteiger partial charge in [-0.15, -0.1) is 0 Å². The fourth-order valence-electron chi connectivity index (χ4n) is 5.35. The number of hydrogen-bond acceptors (Lipinski definition) is 8. The van der Waals surface area contributed by atoms with Crippen molar-refractivity contribution in [3.05, 3.63) is 71.8 Å². The number of esters is 2. The number of hydrogen-bond donors (Lipinski definition) is 1. The third-order valence-electron chi connectivity index (χ3n) is 7.80. The second kappa shape index (κ2) is 15.8. The topological polar surface area (TPSA) is 101 Å². The van der Waals surface area contributed by atoms with Crippen LogP contribution in [-0.4, -0.2) is 53.4 Å². The monoisotopic (exact) mass is 598 g/mol. The Morgan fingerprint density at radius 2 is 1.40 bits per heavy atom. The van der Waals surface area contributed by atoms with Gasteiger partial charge in [0.1, 0.15) is 24.9 Å². The van der Waals surface area contributed by atoms with Gasteiger partial charge in [-0.2, -0.15) is 0 Å². The maximum atomic E-state index is 13.7. The van der Waals surface area contributed by atoms with E-state index in [1.54, 1.807) is 20.8 Å². The first-order chi connectivity index (χ1) is 20.5. The molecule has 0 amide bonds. The van der Waals surface area contributed by atoms with Crippen LogP contribution in [0.2, 0.25) is 0 Å². The zero-order chi connectivity index (χ0) is 31.5.